The lowest BCUT2D eigenvalue weighted by Gasteiger charge is -2.20. The molecule has 116 valence electrons. The van der Waals surface area contributed by atoms with E-state index in [0.717, 1.165) is 30.9 Å². The van der Waals surface area contributed by atoms with Crippen LogP contribution >= 0.6 is 0 Å². The number of nitrogens with one attached hydrogen (secondary N) is 1. The van der Waals surface area contributed by atoms with Crippen molar-refractivity contribution in [2.75, 3.05) is 6.54 Å². The van der Waals surface area contributed by atoms with Gasteiger partial charge in [-0.3, -0.25) is 10.1 Å². The van der Waals surface area contributed by atoms with Crippen molar-refractivity contribution in [3.05, 3.63) is 39.9 Å². The Morgan fingerprint density at radius 1 is 1.33 bits per heavy atom. The maximum Gasteiger partial charge on any atom is 0.272 e. The highest BCUT2D eigenvalue weighted by molar-refractivity contribution is 5.40. The minimum absolute atomic E-state index is 0.251. The van der Waals surface area contributed by atoms with Crippen LogP contribution in [0.3, 0.4) is 0 Å². The molecule has 4 heteroatoms. The Morgan fingerprint density at radius 2 is 2.05 bits per heavy atom. The molecule has 2 rings (SSSR count). The molecule has 21 heavy (non-hydrogen) atoms. The van der Waals surface area contributed by atoms with Crippen LogP contribution in [0.25, 0.3) is 0 Å². The van der Waals surface area contributed by atoms with E-state index in [4.69, 9.17) is 0 Å². The van der Waals surface area contributed by atoms with E-state index in [2.05, 4.69) is 12.2 Å². The predicted molar refractivity (Wildman–Crippen MR) is 85.5 cm³/mol. The van der Waals surface area contributed by atoms with Crippen LogP contribution in [0.5, 0.6) is 0 Å². The smallest absolute Gasteiger partial charge is 0.272 e. The fourth-order valence-corrected chi connectivity index (χ4v) is 3.43. The molecule has 1 fully saturated rings. The van der Waals surface area contributed by atoms with Crippen LogP contribution in [0, 0.1) is 16.0 Å². The molecule has 1 aromatic carbocycles. The number of hydrogen-bond donors (Lipinski definition) is 1. The monoisotopic (exact) mass is 290 g/mol. The highest BCUT2D eigenvalue weighted by atomic mass is 16.6. The predicted octanol–water partition coefficient (Wildman–Crippen LogP) is 4.09. The molecule has 1 unspecified atom stereocenters. The van der Waals surface area contributed by atoms with Crippen molar-refractivity contribution >= 4 is 5.69 Å². The average Bonchev–Trinajstić information content (AvgIpc) is 2.98. The summed E-state index contributed by atoms with van der Waals surface area (Å²) in [6.45, 7) is 3.01. The van der Waals surface area contributed by atoms with Gasteiger partial charge in [0.05, 0.1) is 4.92 Å². The van der Waals surface area contributed by atoms with Gasteiger partial charge in [-0.25, -0.2) is 0 Å². The van der Waals surface area contributed by atoms with E-state index in [-0.39, 0.29) is 10.6 Å². The first-order valence-corrected chi connectivity index (χ1v) is 8.16. The number of nitrogens with zero attached hydrogens (tertiary/aromatic N) is 1. The lowest BCUT2D eigenvalue weighted by molar-refractivity contribution is -0.385. The second-order valence-electron chi connectivity index (χ2n) is 6.07. The van der Waals surface area contributed by atoms with Gasteiger partial charge in [0.15, 0.2) is 0 Å². The second-order valence-corrected chi connectivity index (χ2v) is 6.07. The zero-order valence-electron chi connectivity index (χ0n) is 12.9. The summed E-state index contributed by atoms with van der Waals surface area (Å²) in [6, 6.07) is 7.47. The third kappa shape index (κ3) is 4.81. The maximum atomic E-state index is 11.1. The van der Waals surface area contributed by atoms with Crippen molar-refractivity contribution in [3.63, 3.8) is 0 Å². The van der Waals surface area contributed by atoms with Crippen molar-refractivity contribution in [1.82, 2.24) is 5.32 Å². The fraction of sp³-hybridized carbons (Fsp3) is 0.647. The summed E-state index contributed by atoms with van der Waals surface area (Å²) in [5, 5.41) is 14.6. The zero-order valence-corrected chi connectivity index (χ0v) is 12.9. The third-order valence-electron chi connectivity index (χ3n) is 4.55. The summed E-state index contributed by atoms with van der Waals surface area (Å²) in [5.74, 6) is 0.872. The van der Waals surface area contributed by atoms with Gasteiger partial charge in [0.1, 0.15) is 0 Å². The zero-order chi connectivity index (χ0) is 15.1. The molecule has 1 atom stereocenters. The number of para-hydroxylation sites is 1. The molecule has 4 nitrogen and oxygen atoms in total. The third-order valence-corrected chi connectivity index (χ3v) is 4.55. The molecular formula is C17H26N2O2. The minimum atomic E-state index is -0.269. The van der Waals surface area contributed by atoms with Gasteiger partial charge in [-0.15, -0.1) is 0 Å². The Bertz CT molecular complexity index is 456. The molecule has 1 aliphatic rings. The maximum absolute atomic E-state index is 11.1. The van der Waals surface area contributed by atoms with Gasteiger partial charge >= 0.3 is 0 Å². The summed E-state index contributed by atoms with van der Waals surface area (Å²) in [6.07, 6.45) is 8.59. The molecule has 1 aliphatic carbocycles. The number of likely N-dealkylation sites (N-methyl/N-ethyl adjacent to an activating group) is 1. The highest BCUT2D eigenvalue weighted by Crippen LogP contribution is 2.29. The minimum Gasteiger partial charge on any atom is -0.314 e. The second kappa shape index (κ2) is 8.13. The summed E-state index contributed by atoms with van der Waals surface area (Å²) in [7, 11) is 0. The first kappa shape index (κ1) is 16.0. The van der Waals surface area contributed by atoms with Gasteiger partial charge in [0.25, 0.3) is 5.69 Å². The number of nitro groups is 1. The van der Waals surface area contributed by atoms with Gasteiger partial charge in [-0.1, -0.05) is 50.8 Å². The quantitative estimate of drug-likeness (QED) is 0.579. The molecule has 1 aromatic rings. The van der Waals surface area contributed by atoms with Gasteiger partial charge in [-0.05, 0) is 31.7 Å². The molecule has 1 N–H and O–H groups in total. The van der Waals surface area contributed by atoms with Gasteiger partial charge in [0, 0.05) is 17.7 Å². The van der Waals surface area contributed by atoms with E-state index in [1.54, 1.807) is 12.1 Å². The Hall–Kier alpha value is -1.42. The number of benzene rings is 1. The van der Waals surface area contributed by atoms with Gasteiger partial charge in [0.2, 0.25) is 0 Å². The van der Waals surface area contributed by atoms with Crippen LogP contribution in [0.15, 0.2) is 24.3 Å². The molecule has 0 spiro atoms. The summed E-state index contributed by atoms with van der Waals surface area (Å²) in [5.41, 5.74) is 1.10. The van der Waals surface area contributed by atoms with Crippen molar-refractivity contribution < 1.29 is 4.92 Å². The Balaban J connectivity index is 1.96. The molecule has 0 heterocycles. The fourth-order valence-electron chi connectivity index (χ4n) is 3.43. The van der Waals surface area contributed by atoms with Crippen LogP contribution in [0.1, 0.15) is 51.0 Å². The van der Waals surface area contributed by atoms with E-state index in [9.17, 15) is 10.1 Å². The van der Waals surface area contributed by atoms with E-state index >= 15 is 0 Å². The van der Waals surface area contributed by atoms with Crippen LogP contribution in [-0.2, 0) is 6.42 Å². The van der Waals surface area contributed by atoms with E-state index < -0.39 is 0 Å². The van der Waals surface area contributed by atoms with Gasteiger partial charge < -0.3 is 5.32 Å². The van der Waals surface area contributed by atoms with Crippen molar-refractivity contribution in [2.24, 2.45) is 5.92 Å². The van der Waals surface area contributed by atoms with Crippen LogP contribution in [0.4, 0.5) is 5.69 Å². The molecule has 0 bridgehead atoms. The number of rotatable bonds is 8. The lowest BCUT2D eigenvalue weighted by atomic mass is 9.94. The normalized spacial score (nSPS) is 17.0. The largest absolute Gasteiger partial charge is 0.314 e. The summed E-state index contributed by atoms with van der Waals surface area (Å²) >= 11 is 0. The molecular weight excluding hydrogens is 264 g/mol. The SMILES string of the molecule is CCNC(CCC1CCCC1)Cc1ccccc1[N+](=O)[O-]. The molecule has 1 saturated carbocycles. The molecule has 0 amide bonds. The van der Waals surface area contributed by atoms with Gasteiger partial charge in [-0.2, -0.15) is 0 Å². The van der Waals surface area contributed by atoms with E-state index in [1.165, 1.54) is 32.1 Å². The summed E-state index contributed by atoms with van der Waals surface area (Å²) in [4.78, 5) is 10.8. The Kier molecular flexibility index (Phi) is 6.18. The lowest BCUT2D eigenvalue weighted by Crippen LogP contribution is -2.31. The average molecular weight is 290 g/mol. The van der Waals surface area contributed by atoms with Crippen molar-refractivity contribution in [1.29, 1.82) is 0 Å². The molecule has 0 saturated heterocycles. The van der Waals surface area contributed by atoms with Crippen molar-refractivity contribution in [2.45, 2.75) is 57.9 Å². The molecule has 0 aliphatic heterocycles. The topological polar surface area (TPSA) is 55.2 Å². The number of hydrogen-bond acceptors (Lipinski definition) is 3. The first-order chi connectivity index (χ1) is 10.2. The van der Waals surface area contributed by atoms with E-state index in [1.807, 2.05) is 12.1 Å². The Morgan fingerprint density at radius 3 is 2.71 bits per heavy atom. The highest BCUT2D eigenvalue weighted by Gasteiger charge is 2.20. The van der Waals surface area contributed by atoms with Crippen LogP contribution < -0.4 is 5.32 Å². The summed E-state index contributed by atoms with van der Waals surface area (Å²) < 4.78 is 0. The first-order valence-electron chi connectivity index (χ1n) is 8.16. The molecule has 0 radical (unpaired) electrons. The van der Waals surface area contributed by atoms with Crippen molar-refractivity contribution in [3.8, 4) is 0 Å². The molecule has 0 aromatic heterocycles. The number of nitro benzene ring substituents is 1. The van der Waals surface area contributed by atoms with E-state index in [0.29, 0.717) is 6.04 Å². The van der Waals surface area contributed by atoms with Crippen LogP contribution in [0.2, 0.25) is 0 Å². The standard InChI is InChI=1S/C17H26N2O2/c1-2-18-16(12-11-14-7-3-4-8-14)13-15-9-5-6-10-17(15)19(20)21/h5-6,9-10,14,16,18H,2-4,7-8,11-13H2,1H3. The Labute approximate surface area is 127 Å². The van der Waals surface area contributed by atoms with Crippen LogP contribution in [-0.4, -0.2) is 17.5 Å².